The van der Waals surface area contributed by atoms with Crippen LogP contribution in [-0.4, -0.2) is 121 Å². The number of esters is 3. The molecule has 69 heavy (non-hydrogen) atoms. The Morgan fingerprint density at radius 3 is 2.03 bits per heavy atom. The van der Waals surface area contributed by atoms with Crippen LogP contribution in [-0.2, 0) is 52.3 Å². The summed E-state index contributed by atoms with van der Waals surface area (Å²) >= 11 is 0. The number of ether oxygens (including phenoxy) is 9. The van der Waals surface area contributed by atoms with Crippen molar-refractivity contribution in [2.24, 2.45) is 16.7 Å². The molecule has 0 aromatic heterocycles. The predicted molar refractivity (Wildman–Crippen MR) is 246 cm³/mol. The van der Waals surface area contributed by atoms with Crippen LogP contribution < -0.4 is 4.74 Å². The predicted octanol–water partition coefficient (Wildman–Crippen LogP) is 7.03. The Hall–Kier alpha value is -5.65. The largest absolute Gasteiger partial charge is 0.497 e. The number of amides is 1. The lowest BCUT2D eigenvalue weighted by atomic mass is 9.44. The molecule has 5 aliphatic rings. The summed E-state index contributed by atoms with van der Waals surface area (Å²) in [5.74, 6) is -3.65. The van der Waals surface area contributed by atoms with Gasteiger partial charge in [0.1, 0.15) is 47.4 Å². The fourth-order valence-corrected chi connectivity index (χ4v) is 11.8. The van der Waals surface area contributed by atoms with Gasteiger partial charge in [0.2, 0.25) is 0 Å². The van der Waals surface area contributed by atoms with Crippen molar-refractivity contribution in [1.82, 2.24) is 4.90 Å². The Morgan fingerprint density at radius 1 is 0.841 bits per heavy atom. The second kappa shape index (κ2) is 18.3. The zero-order valence-corrected chi connectivity index (χ0v) is 41.0. The number of methoxy groups -OCH3 is 3. The molecule has 2 bridgehead atoms. The number of nitrogens with zero attached hydrogens (tertiary/aromatic N) is 1. The van der Waals surface area contributed by atoms with Crippen LogP contribution in [0.3, 0.4) is 0 Å². The highest BCUT2D eigenvalue weighted by atomic mass is 16.6. The van der Waals surface area contributed by atoms with Crippen LogP contribution in [0.4, 0.5) is 4.79 Å². The van der Waals surface area contributed by atoms with Gasteiger partial charge in [0, 0.05) is 45.0 Å². The van der Waals surface area contributed by atoms with Crippen LogP contribution in [0, 0.1) is 16.7 Å². The van der Waals surface area contributed by atoms with E-state index in [4.69, 9.17) is 42.6 Å². The minimum absolute atomic E-state index is 0.125. The van der Waals surface area contributed by atoms with Gasteiger partial charge in [0.25, 0.3) is 0 Å². The van der Waals surface area contributed by atoms with E-state index < -0.39 is 112 Å². The molecule has 3 aromatic rings. The number of carbonyl (C=O) groups excluding carboxylic acids is 5. The highest BCUT2D eigenvalue weighted by Crippen LogP contribution is 2.65. The van der Waals surface area contributed by atoms with E-state index in [0.717, 1.165) is 0 Å². The Morgan fingerprint density at radius 2 is 1.48 bits per heavy atom. The molecule has 370 valence electrons. The van der Waals surface area contributed by atoms with Crippen molar-refractivity contribution in [3.05, 3.63) is 113 Å². The van der Waals surface area contributed by atoms with Crippen molar-refractivity contribution in [3.63, 3.8) is 0 Å². The number of carbonyl (C=O) groups is 5. The van der Waals surface area contributed by atoms with Crippen molar-refractivity contribution in [3.8, 4) is 5.75 Å². The molecular weight excluding hydrogens is 891 g/mol. The molecule has 12 atom stereocenters. The second-order valence-corrected chi connectivity index (χ2v) is 20.4. The maximum atomic E-state index is 15.8. The summed E-state index contributed by atoms with van der Waals surface area (Å²) in [7, 11) is 4.37. The summed E-state index contributed by atoms with van der Waals surface area (Å²) in [6.07, 6.45) is -9.71. The Balaban J connectivity index is 1.29. The summed E-state index contributed by atoms with van der Waals surface area (Å²) in [6, 6.07) is 22.9. The average molecular weight is 954 g/mol. The molecular formula is C53H63NO15. The van der Waals surface area contributed by atoms with Gasteiger partial charge in [-0.15, -0.1) is 0 Å². The van der Waals surface area contributed by atoms with Gasteiger partial charge in [-0.1, -0.05) is 74.5 Å². The molecule has 16 nitrogen and oxygen atoms in total. The summed E-state index contributed by atoms with van der Waals surface area (Å²) in [6.45, 7) is 13.1. The lowest BCUT2D eigenvalue weighted by Gasteiger charge is -2.67. The van der Waals surface area contributed by atoms with E-state index in [9.17, 15) is 19.5 Å². The van der Waals surface area contributed by atoms with Crippen molar-refractivity contribution < 1.29 is 71.7 Å². The fraction of sp³-hybridized carbons (Fsp3) is 0.528. The van der Waals surface area contributed by atoms with E-state index in [2.05, 4.69) is 0 Å². The van der Waals surface area contributed by atoms with E-state index in [1.807, 2.05) is 0 Å². The molecule has 2 saturated carbocycles. The van der Waals surface area contributed by atoms with Crippen LogP contribution >= 0.6 is 0 Å². The lowest BCUT2D eigenvalue weighted by molar-refractivity contribution is -0.347. The maximum absolute atomic E-state index is 15.8. The molecule has 3 aromatic carbocycles. The molecule has 0 radical (unpaired) electrons. The van der Waals surface area contributed by atoms with Gasteiger partial charge >= 0.3 is 24.0 Å². The van der Waals surface area contributed by atoms with Gasteiger partial charge in [0.05, 0.1) is 36.7 Å². The van der Waals surface area contributed by atoms with Crippen molar-refractivity contribution in [2.45, 2.75) is 134 Å². The number of fused-ring (bicyclic) bond motifs is 5. The van der Waals surface area contributed by atoms with Gasteiger partial charge in [-0.2, -0.15) is 0 Å². The molecule has 3 unspecified atom stereocenters. The summed E-state index contributed by atoms with van der Waals surface area (Å²) in [5, 5.41) is 14.0. The third-order valence-electron chi connectivity index (χ3n) is 15.1. The van der Waals surface area contributed by atoms with Crippen molar-refractivity contribution in [2.75, 3.05) is 27.9 Å². The maximum Gasteiger partial charge on any atom is 0.413 e. The molecule has 2 saturated heterocycles. The number of benzene rings is 3. The van der Waals surface area contributed by atoms with Gasteiger partial charge in [-0.05, 0) is 75.6 Å². The average Bonchev–Trinajstić information content (AvgIpc) is 3.72. The van der Waals surface area contributed by atoms with Crippen LogP contribution in [0.5, 0.6) is 5.75 Å². The Bertz CT molecular complexity index is 2490. The quantitative estimate of drug-likeness (QED) is 0.124. The molecule has 2 heterocycles. The standard InChI is InChI=1S/C53H63NO15/c1-29-35(65-47(58)41-39(31-18-14-12-15-19-31)54(48(59)69-49(3,4)5)45(66-41)32-22-24-34(61-9)25-23-32)27-53(60)44(67-46(57)33-20-16-13-17-21-33)42-51(8,43(56)40(63-11)38(29)50(53,6)7)36(62-10)26-37-52(42,28-64-37)68-30(2)55/h12-25,35-37,39-42,44-45,60H,26-28H2,1-11H3/t35-,36-,37+,39?,40+,41?,42-,44-,45?,51+,52-,53+/m0/s1. The van der Waals surface area contributed by atoms with Crippen LogP contribution in [0.1, 0.15) is 102 Å². The van der Waals surface area contributed by atoms with Crippen LogP contribution in [0.2, 0.25) is 0 Å². The van der Waals surface area contributed by atoms with Crippen molar-refractivity contribution in [1.29, 1.82) is 0 Å². The summed E-state index contributed by atoms with van der Waals surface area (Å²) in [4.78, 5) is 74.6. The van der Waals surface area contributed by atoms with E-state index in [0.29, 0.717) is 28.0 Å². The Kier molecular flexibility index (Phi) is 13.2. The number of ketones is 1. The molecule has 0 spiro atoms. The first-order chi connectivity index (χ1) is 32.6. The molecule has 1 N–H and O–H groups in total. The number of hydrogen-bond donors (Lipinski definition) is 1. The van der Waals surface area contributed by atoms with Crippen LogP contribution in [0.15, 0.2) is 96.1 Å². The van der Waals surface area contributed by atoms with E-state index in [-0.39, 0.29) is 25.0 Å². The first-order valence-corrected chi connectivity index (χ1v) is 23.2. The number of aliphatic hydroxyl groups is 1. The minimum atomic E-state index is -2.22. The molecule has 1 amide bonds. The fourth-order valence-electron chi connectivity index (χ4n) is 11.8. The SMILES string of the molecule is COc1ccc(C2OC(C(=O)O[C@H]3C[C@@]4(O)[C@@H](OC(=O)c5ccccc5)[C@@H]5[C@]6(OC(C)=O)CO[C@@H]6C[C@H](OC)[C@@]5(C)C(=O)[C@H](OC)C(=C3C)C4(C)C)C(c3ccccc3)N2C(=O)OC(C)(C)C)cc1. The van der Waals surface area contributed by atoms with Gasteiger partial charge in [0.15, 0.2) is 23.7 Å². The zero-order valence-electron chi connectivity index (χ0n) is 41.0. The minimum Gasteiger partial charge on any atom is -0.497 e. The lowest BCUT2D eigenvalue weighted by Crippen LogP contribution is -2.82. The summed E-state index contributed by atoms with van der Waals surface area (Å²) in [5.41, 5.74) is -5.96. The summed E-state index contributed by atoms with van der Waals surface area (Å²) < 4.78 is 55.9. The first-order valence-electron chi connectivity index (χ1n) is 23.2. The number of Topliss-reactive ketones (excluding diaryl/α,β-unsaturated/α-hetero) is 1. The third kappa shape index (κ3) is 8.21. The van der Waals surface area contributed by atoms with Gasteiger partial charge in [-0.3, -0.25) is 14.5 Å². The highest BCUT2D eigenvalue weighted by molar-refractivity contribution is 5.94. The zero-order chi connectivity index (χ0) is 50.0. The second-order valence-electron chi connectivity index (χ2n) is 20.4. The smallest absolute Gasteiger partial charge is 0.413 e. The van der Waals surface area contributed by atoms with E-state index >= 15 is 9.59 Å². The van der Waals surface area contributed by atoms with Crippen LogP contribution in [0.25, 0.3) is 0 Å². The molecule has 8 rings (SSSR count). The Labute approximate surface area is 402 Å². The third-order valence-corrected chi connectivity index (χ3v) is 15.1. The van der Waals surface area contributed by atoms with E-state index in [1.54, 1.807) is 133 Å². The normalized spacial score (nSPS) is 33.7. The van der Waals surface area contributed by atoms with Crippen molar-refractivity contribution >= 4 is 29.8 Å². The van der Waals surface area contributed by atoms with E-state index in [1.165, 1.54) is 33.2 Å². The first kappa shape index (κ1) is 49.8. The van der Waals surface area contributed by atoms with Gasteiger partial charge in [-0.25, -0.2) is 14.4 Å². The highest BCUT2D eigenvalue weighted by Gasteiger charge is 2.78. The molecule has 16 heteroatoms. The topological polar surface area (TPSA) is 192 Å². The monoisotopic (exact) mass is 953 g/mol. The van der Waals surface area contributed by atoms with Gasteiger partial charge < -0.3 is 47.7 Å². The molecule has 2 aliphatic heterocycles. The number of hydrogen-bond acceptors (Lipinski definition) is 15. The number of rotatable bonds is 10. The molecule has 3 aliphatic carbocycles. The molecule has 4 fully saturated rings.